The van der Waals surface area contributed by atoms with Gasteiger partial charge in [-0.15, -0.1) is 0 Å². The Kier molecular flexibility index (Phi) is 14.9. The number of nitrogens with zero attached hydrogens (tertiary/aromatic N) is 4. The zero-order valence-electron chi connectivity index (χ0n) is 40.4. The Labute approximate surface area is 395 Å². The van der Waals surface area contributed by atoms with E-state index >= 15 is 0 Å². The Morgan fingerprint density at radius 3 is 2.46 bits per heavy atom. The maximum absolute atomic E-state index is 14.7. The highest BCUT2D eigenvalue weighted by Gasteiger charge is 2.41. The third-order valence-corrected chi connectivity index (χ3v) is 15.6. The van der Waals surface area contributed by atoms with Gasteiger partial charge >= 0.3 is 5.97 Å². The minimum Gasteiger partial charge on any atom is -0.508 e. The molecule has 1 aromatic heterocycles. The van der Waals surface area contributed by atoms with Gasteiger partial charge in [-0.25, -0.2) is 18.1 Å². The average molecular weight is 941 g/mol. The number of phenols is 1. The number of aromatic nitrogens is 1. The Morgan fingerprint density at radius 1 is 1.01 bits per heavy atom. The number of aromatic hydroxyl groups is 1. The van der Waals surface area contributed by atoms with Gasteiger partial charge in [-0.3, -0.25) is 24.2 Å². The van der Waals surface area contributed by atoms with E-state index in [9.17, 15) is 32.7 Å². The summed E-state index contributed by atoms with van der Waals surface area (Å²) in [6.45, 7) is 14.8. The molecular weight excluding hydrogens is 873 g/mol. The molecule has 3 aliphatic heterocycles. The smallest absolute Gasteiger partial charge is 0.324 e. The van der Waals surface area contributed by atoms with Crippen molar-refractivity contribution in [3.05, 3.63) is 77.4 Å². The second kappa shape index (κ2) is 20.1. The van der Waals surface area contributed by atoms with Crippen LogP contribution in [0.5, 0.6) is 5.75 Å². The summed E-state index contributed by atoms with van der Waals surface area (Å²) in [5, 5.41) is 16.7. The molecule has 16 heteroatoms. The minimum absolute atomic E-state index is 0.0184. The van der Waals surface area contributed by atoms with Crippen molar-refractivity contribution in [2.24, 2.45) is 17.3 Å². The highest BCUT2D eigenvalue weighted by molar-refractivity contribution is 7.89. The van der Waals surface area contributed by atoms with Crippen LogP contribution in [0.1, 0.15) is 90.5 Å². The van der Waals surface area contributed by atoms with Crippen LogP contribution in [0.4, 0.5) is 0 Å². The van der Waals surface area contributed by atoms with Gasteiger partial charge in [0.25, 0.3) is 5.91 Å². The van der Waals surface area contributed by atoms with Gasteiger partial charge in [0.05, 0.1) is 30.1 Å². The molecule has 362 valence electrons. The molecule has 4 heterocycles. The van der Waals surface area contributed by atoms with Crippen LogP contribution in [-0.4, -0.2) is 120 Å². The first-order chi connectivity index (χ1) is 31.8. The fourth-order valence-electron chi connectivity index (χ4n) is 10.2. The van der Waals surface area contributed by atoms with Crippen LogP contribution >= 0.6 is 0 Å². The van der Waals surface area contributed by atoms with Crippen molar-refractivity contribution in [3.8, 4) is 28.1 Å². The predicted molar refractivity (Wildman–Crippen MR) is 258 cm³/mol. The quantitative estimate of drug-likeness (QED) is 0.147. The van der Waals surface area contributed by atoms with Crippen molar-refractivity contribution in [3.63, 3.8) is 0 Å². The molecule has 15 nitrogen and oxygen atoms in total. The largest absolute Gasteiger partial charge is 0.508 e. The molecule has 3 amide bonds. The second-order valence-electron chi connectivity index (χ2n) is 19.6. The average Bonchev–Trinajstić information content (AvgIpc) is 3.93. The van der Waals surface area contributed by atoms with Gasteiger partial charge in [-0.2, -0.15) is 0 Å². The van der Waals surface area contributed by atoms with Crippen molar-refractivity contribution < 1.29 is 42.2 Å². The molecule has 5 atom stereocenters. The standard InChI is InChI=1S/C51H68N6O9S/c1-10-56-44-19-18-34-27-40(44)41(46(56)39-16-13-12-15-38(39)32(5)65-9)28-51(6,7)30-66-50(62)42-17-14-21-57(53-42)49(61)43(25-33-23-36(34)26-37(58)24-33)52-47(59)45(31(3)4)54(8)48(60)35-20-22-55(29-35)67(63,64)11-2/h12-13,15-16,18-19,23-24,26-27,31-32,35,42-43,45,53,58H,10-11,14,17,20-22,25,28-30H2,1-9H3,(H,52,59)/t32-,35?,42-,43-,45-/m0/s1. The predicted octanol–water partition coefficient (Wildman–Crippen LogP) is 6.21. The first-order valence-corrected chi connectivity index (χ1v) is 25.3. The Hall–Kier alpha value is -5.29. The molecule has 7 rings (SSSR count). The number of aryl methyl sites for hydroxylation is 1. The van der Waals surface area contributed by atoms with E-state index in [1.807, 2.05) is 45.0 Å². The summed E-state index contributed by atoms with van der Waals surface area (Å²) in [4.78, 5) is 58.5. The number of likely N-dealkylation sites (N-methyl/N-ethyl adjacent to an activating group) is 1. The van der Waals surface area contributed by atoms with Crippen LogP contribution in [0.3, 0.4) is 0 Å². The molecule has 2 fully saturated rings. The van der Waals surface area contributed by atoms with Gasteiger partial charge in [0, 0.05) is 68.6 Å². The Morgan fingerprint density at radius 2 is 1.76 bits per heavy atom. The van der Waals surface area contributed by atoms with Crippen molar-refractivity contribution in [2.45, 2.75) is 111 Å². The highest BCUT2D eigenvalue weighted by atomic mass is 32.2. The number of hydrazine groups is 1. The molecule has 0 aliphatic carbocycles. The fraction of sp³-hybridized carbons (Fsp3) is 0.529. The van der Waals surface area contributed by atoms with Crippen molar-refractivity contribution in [1.82, 2.24) is 29.5 Å². The maximum atomic E-state index is 14.7. The number of benzene rings is 3. The molecule has 0 spiro atoms. The number of cyclic esters (lactones) is 1. The number of fused-ring (bicyclic) bond motifs is 6. The van der Waals surface area contributed by atoms with Crippen LogP contribution in [0.25, 0.3) is 33.3 Å². The van der Waals surface area contributed by atoms with Gasteiger partial charge in [0.15, 0.2) is 0 Å². The highest BCUT2D eigenvalue weighted by Crippen LogP contribution is 2.42. The number of carbonyl (C=O) groups excluding carboxylic acids is 4. The first-order valence-electron chi connectivity index (χ1n) is 23.7. The van der Waals surface area contributed by atoms with Crippen LogP contribution in [0.15, 0.2) is 60.7 Å². The molecule has 2 saturated heterocycles. The molecule has 6 bridgehead atoms. The van der Waals surface area contributed by atoms with E-state index in [4.69, 9.17) is 9.47 Å². The zero-order valence-corrected chi connectivity index (χ0v) is 41.2. The summed E-state index contributed by atoms with van der Waals surface area (Å²) >= 11 is 0. The van der Waals surface area contributed by atoms with Crippen LogP contribution in [-0.2, 0) is 58.1 Å². The molecule has 67 heavy (non-hydrogen) atoms. The SMILES string of the molecule is CCn1c(-c2ccccc2[C@H](C)OC)c2c3cc(ccc31)-c1cc(O)cc(c1)C[C@H](NC(=O)[C@H](C(C)C)N(C)C(=O)C1CCN(S(=O)(=O)CC)C1)C(=O)N1CCC[C@H](N1)C(=O)OCC(C)(C)C2. The molecule has 0 saturated carbocycles. The number of amides is 3. The monoisotopic (exact) mass is 940 g/mol. The van der Waals surface area contributed by atoms with Crippen molar-refractivity contribution in [1.29, 1.82) is 0 Å². The summed E-state index contributed by atoms with van der Waals surface area (Å²) in [6.07, 6.45) is 1.62. The molecular formula is C51H68N6O9S. The fourth-order valence-corrected chi connectivity index (χ4v) is 11.3. The lowest BCUT2D eigenvalue weighted by Gasteiger charge is -2.37. The maximum Gasteiger partial charge on any atom is 0.324 e. The van der Waals surface area contributed by atoms with E-state index in [1.54, 1.807) is 33.2 Å². The Bertz CT molecular complexity index is 2630. The van der Waals surface area contributed by atoms with Crippen molar-refractivity contribution >= 4 is 44.6 Å². The molecule has 3 N–H and O–H groups in total. The second-order valence-corrected chi connectivity index (χ2v) is 21.8. The molecule has 3 aliphatic rings. The van der Waals surface area contributed by atoms with Gasteiger partial charge in [0.2, 0.25) is 21.8 Å². The molecule has 1 unspecified atom stereocenters. The summed E-state index contributed by atoms with van der Waals surface area (Å²) in [7, 11) is -0.247. The minimum atomic E-state index is -3.49. The van der Waals surface area contributed by atoms with Crippen LogP contribution < -0.4 is 10.7 Å². The van der Waals surface area contributed by atoms with E-state index in [0.717, 1.165) is 38.9 Å². The molecule has 3 aromatic carbocycles. The Balaban J connectivity index is 1.30. The number of carbonyl (C=O) groups is 4. The summed E-state index contributed by atoms with van der Waals surface area (Å²) in [5.41, 5.74) is 9.97. The molecule has 0 radical (unpaired) electrons. The van der Waals surface area contributed by atoms with Gasteiger partial charge in [-0.05, 0) is 104 Å². The number of ether oxygens (including phenoxy) is 2. The van der Waals surface area contributed by atoms with Crippen LogP contribution in [0, 0.1) is 17.3 Å². The number of methoxy groups -OCH3 is 1. The summed E-state index contributed by atoms with van der Waals surface area (Å²) in [6, 6.07) is 16.7. The number of rotatable bonds is 11. The van der Waals surface area contributed by atoms with E-state index in [1.165, 1.54) is 14.2 Å². The first kappa shape index (κ1) is 49.6. The van der Waals surface area contributed by atoms with Gasteiger partial charge < -0.3 is 29.4 Å². The number of nitrogens with one attached hydrogen (secondary N) is 2. The van der Waals surface area contributed by atoms with Gasteiger partial charge in [0.1, 0.15) is 23.9 Å². The van der Waals surface area contributed by atoms with E-state index in [-0.39, 0.29) is 62.1 Å². The van der Waals surface area contributed by atoms with E-state index in [2.05, 4.69) is 60.3 Å². The van der Waals surface area contributed by atoms with Crippen molar-refractivity contribution in [2.75, 3.05) is 46.2 Å². The number of hydrogen-bond donors (Lipinski definition) is 3. The lowest BCUT2D eigenvalue weighted by atomic mass is 9.83. The third kappa shape index (κ3) is 10.4. The molecule has 4 aromatic rings. The lowest BCUT2D eigenvalue weighted by molar-refractivity contribution is -0.155. The number of hydrogen-bond acceptors (Lipinski definition) is 10. The number of sulfonamides is 1. The van der Waals surface area contributed by atoms with Crippen LogP contribution in [0.2, 0.25) is 0 Å². The normalized spacial score (nSPS) is 21.5. The van der Waals surface area contributed by atoms with E-state index < -0.39 is 57.3 Å². The lowest BCUT2D eigenvalue weighted by Crippen LogP contribution is -2.62. The summed E-state index contributed by atoms with van der Waals surface area (Å²) < 4.78 is 40.9. The number of phenolic OH excluding ortho intramolecular Hbond substituents is 1. The number of esters is 1. The van der Waals surface area contributed by atoms with Gasteiger partial charge in [-0.1, -0.05) is 64.1 Å². The summed E-state index contributed by atoms with van der Waals surface area (Å²) in [5.74, 6) is -2.99. The van der Waals surface area contributed by atoms with E-state index in [0.29, 0.717) is 43.4 Å². The topological polar surface area (TPSA) is 180 Å². The third-order valence-electron chi connectivity index (χ3n) is 13.8. The zero-order chi connectivity index (χ0) is 48.5.